The van der Waals surface area contributed by atoms with E-state index in [2.05, 4.69) is 0 Å². The van der Waals surface area contributed by atoms with Crippen LogP contribution in [0.5, 0.6) is 0 Å². The molecule has 0 spiro atoms. The number of hydroxylamine groups is 2. The van der Waals surface area contributed by atoms with Gasteiger partial charge in [-0.3, -0.25) is 9.59 Å². The summed E-state index contributed by atoms with van der Waals surface area (Å²) in [6, 6.07) is 0. The fourth-order valence-electron chi connectivity index (χ4n) is 1.16. The molecular formula is C12H19NO4. The highest BCUT2D eigenvalue weighted by Crippen LogP contribution is 2.39. The number of carbonyl (C=O) groups is 3. The largest absolute Gasteiger partial charge is 0.339 e. The van der Waals surface area contributed by atoms with Gasteiger partial charge >= 0.3 is 5.97 Å². The first-order valence-corrected chi connectivity index (χ1v) is 5.65. The van der Waals surface area contributed by atoms with Crippen LogP contribution in [0.4, 0.5) is 0 Å². The van der Waals surface area contributed by atoms with Crippen molar-refractivity contribution in [1.29, 1.82) is 0 Å². The van der Waals surface area contributed by atoms with E-state index in [-0.39, 0.29) is 18.3 Å². The standard InChI is InChI=1S/C12H19NO4/c1-11(2,3)12(4,5)10(16)17-13-8(14)6-7-9(13)15/h6-7H2,1-5H3. The molecule has 17 heavy (non-hydrogen) atoms. The lowest BCUT2D eigenvalue weighted by Crippen LogP contribution is -2.43. The van der Waals surface area contributed by atoms with Crippen molar-refractivity contribution in [2.75, 3.05) is 0 Å². The summed E-state index contributed by atoms with van der Waals surface area (Å²) in [7, 11) is 0. The Labute approximate surface area is 101 Å². The van der Waals surface area contributed by atoms with E-state index in [4.69, 9.17) is 4.84 Å². The Hall–Kier alpha value is -1.39. The summed E-state index contributed by atoms with van der Waals surface area (Å²) in [5.74, 6) is -1.46. The minimum atomic E-state index is -0.782. The molecule has 0 aliphatic carbocycles. The number of imide groups is 1. The normalized spacial score (nSPS) is 17.6. The average Bonchev–Trinajstić information content (AvgIpc) is 2.47. The monoisotopic (exact) mass is 241 g/mol. The number of rotatable bonds is 2. The first-order valence-electron chi connectivity index (χ1n) is 5.65. The summed E-state index contributed by atoms with van der Waals surface area (Å²) in [5.41, 5.74) is -1.11. The van der Waals surface area contributed by atoms with Crippen LogP contribution < -0.4 is 0 Å². The Morgan fingerprint density at radius 3 is 1.82 bits per heavy atom. The van der Waals surface area contributed by atoms with E-state index in [9.17, 15) is 14.4 Å². The lowest BCUT2D eigenvalue weighted by Gasteiger charge is -2.36. The zero-order valence-corrected chi connectivity index (χ0v) is 11.0. The van der Waals surface area contributed by atoms with Gasteiger partial charge < -0.3 is 4.84 Å². The molecule has 1 saturated heterocycles. The first-order chi connectivity index (χ1) is 7.57. The Balaban J connectivity index is 2.80. The summed E-state index contributed by atoms with van der Waals surface area (Å²) in [6.45, 7) is 9.19. The highest BCUT2D eigenvalue weighted by molar-refractivity contribution is 6.01. The van der Waals surface area contributed by atoms with Crippen LogP contribution in [0.2, 0.25) is 0 Å². The van der Waals surface area contributed by atoms with Gasteiger partial charge in [-0.2, -0.15) is 0 Å². The molecule has 0 aromatic heterocycles. The molecule has 0 saturated carbocycles. The van der Waals surface area contributed by atoms with Crippen LogP contribution in [0.3, 0.4) is 0 Å². The predicted octanol–water partition coefficient (Wildman–Crippen LogP) is 1.67. The zero-order valence-electron chi connectivity index (χ0n) is 11.0. The van der Waals surface area contributed by atoms with Gasteiger partial charge in [0.2, 0.25) is 0 Å². The number of nitrogens with zero attached hydrogens (tertiary/aromatic N) is 1. The van der Waals surface area contributed by atoms with E-state index in [1.165, 1.54) is 0 Å². The predicted molar refractivity (Wildman–Crippen MR) is 60.4 cm³/mol. The summed E-state index contributed by atoms with van der Waals surface area (Å²) in [5, 5.41) is 0.593. The van der Waals surface area contributed by atoms with Crippen molar-refractivity contribution < 1.29 is 19.2 Å². The third kappa shape index (κ3) is 2.48. The topological polar surface area (TPSA) is 63.7 Å². The fraction of sp³-hybridized carbons (Fsp3) is 0.750. The third-order valence-electron chi connectivity index (χ3n) is 3.57. The van der Waals surface area contributed by atoms with E-state index in [1.807, 2.05) is 20.8 Å². The third-order valence-corrected chi connectivity index (χ3v) is 3.57. The Kier molecular flexibility index (Phi) is 3.32. The molecule has 0 bridgehead atoms. The maximum Gasteiger partial charge on any atom is 0.339 e. The van der Waals surface area contributed by atoms with Crippen molar-refractivity contribution in [3.05, 3.63) is 0 Å². The second-order valence-corrected chi connectivity index (χ2v) is 5.84. The summed E-state index contributed by atoms with van der Waals surface area (Å²) >= 11 is 0. The van der Waals surface area contributed by atoms with Crippen LogP contribution >= 0.6 is 0 Å². The van der Waals surface area contributed by atoms with Gasteiger partial charge in [0.1, 0.15) is 0 Å². The van der Waals surface area contributed by atoms with Gasteiger partial charge in [-0.1, -0.05) is 20.8 Å². The van der Waals surface area contributed by atoms with Crippen LogP contribution in [0.15, 0.2) is 0 Å². The molecule has 1 aliphatic rings. The molecule has 0 N–H and O–H groups in total. The van der Waals surface area contributed by atoms with Crippen LogP contribution in [0, 0.1) is 10.8 Å². The van der Waals surface area contributed by atoms with Crippen molar-refractivity contribution in [3.63, 3.8) is 0 Å². The van der Waals surface area contributed by atoms with Gasteiger partial charge in [-0.15, -0.1) is 5.06 Å². The molecule has 2 amide bonds. The Morgan fingerprint density at radius 2 is 1.47 bits per heavy atom. The molecule has 0 unspecified atom stereocenters. The molecule has 5 heteroatoms. The molecule has 96 valence electrons. The fourth-order valence-corrected chi connectivity index (χ4v) is 1.16. The number of hydrogen-bond acceptors (Lipinski definition) is 4. The number of carbonyl (C=O) groups excluding carboxylic acids is 3. The highest BCUT2D eigenvalue weighted by atomic mass is 16.7. The summed E-state index contributed by atoms with van der Waals surface area (Å²) < 4.78 is 0. The van der Waals surface area contributed by atoms with E-state index in [0.29, 0.717) is 5.06 Å². The molecule has 5 nitrogen and oxygen atoms in total. The minimum absolute atomic E-state index is 0.113. The van der Waals surface area contributed by atoms with E-state index in [1.54, 1.807) is 13.8 Å². The molecule has 0 radical (unpaired) electrons. The van der Waals surface area contributed by atoms with Crippen molar-refractivity contribution in [2.24, 2.45) is 10.8 Å². The molecule has 1 heterocycles. The lowest BCUT2D eigenvalue weighted by molar-refractivity contribution is -0.208. The Morgan fingerprint density at radius 1 is 1.06 bits per heavy atom. The molecule has 1 aliphatic heterocycles. The van der Waals surface area contributed by atoms with E-state index < -0.39 is 23.2 Å². The van der Waals surface area contributed by atoms with E-state index >= 15 is 0 Å². The van der Waals surface area contributed by atoms with Crippen LogP contribution in [0.1, 0.15) is 47.5 Å². The van der Waals surface area contributed by atoms with Crippen LogP contribution in [-0.4, -0.2) is 22.8 Å². The quantitative estimate of drug-likeness (QED) is 0.690. The average molecular weight is 241 g/mol. The highest BCUT2D eigenvalue weighted by Gasteiger charge is 2.44. The van der Waals surface area contributed by atoms with Gasteiger partial charge in [0.15, 0.2) is 0 Å². The second-order valence-electron chi connectivity index (χ2n) is 5.84. The van der Waals surface area contributed by atoms with Crippen molar-refractivity contribution in [3.8, 4) is 0 Å². The molecule has 0 atom stereocenters. The van der Waals surface area contributed by atoms with Gasteiger partial charge in [0, 0.05) is 12.8 Å². The maximum atomic E-state index is 12.0. The Bertz CT molecular complexity index is 349. The molecule has 1 fully saturated rings. The SMILES string of the molecule is CC(C)(C)C(C)(C)C(=O)ON1C(=O)CCC1=O. The van der Waals surface area contributed by atoms with E-state index in [0.717, 1.165) is 0 Å². The number of amides is 2. The maximum absolute atomic E-state index is 12.0. The van der Waals surface area contributed by atoms with Gasteiger partial charge in [0.25, 0.3) is 11.8 Å². The summed E-state index contributed by atoms with van der Waals surface area (Å²) in [6.07, 6.45) is 0.226. The number of hydrogen-bond donors (Lipinski definition) is 0. The van der Waals surface area contributed by atoms with Crippen molar-refractivity contribution in [2.45, 2.75) is 47.5 Å². The molecular weight excluding hydrogens is 222 g/mol. The zero-order chi connectivity index (χ0) is 13.4. The van der Waals surface area contributed by atoms with Crippen LogP contribution in [-0.2, 0) is 19.2 Å². The first kappa shape index (κ1) is 13.7. The lowest BCUT2D eigenvalue weighted by atomic mass is 9.69. The molecule has 0 aromatic rings. The van der Waals surface area contributed by atoms with Gasteiger partial charge in [-0.05, 0) is 19.3 Å². The van der Waals surface area contributed by atoms with Crippen LogP contribution in [0.25, 0.3) is 0 Å². The molecule has 0 aromatic carbocycles. The molecule has 1 rings (SSSR count). The van der Waals surface area contributed by atoms with Crippen molar-refractivity contribution >= 4 is 17.8 Å². The smallest absolute Gasteiger partial charge is 0.330 e. The second kappa shape index (κ2) is 4.13. The minimum Gasteiger partial charge on any atom is -0.330 e. The van der Waals surface area contributed by atoms with Gasteiger partial charge in [0.05, 0.1) is 5.41 Å². The van der Waals surface area contributed by atoms with Gasteiger partial charge in [-0.25, -0.2) is 4.79 Å². The van der Waals surface area contributed by atoms with Crippen molar-refractivity contribution in [1.82, 2.24) is 5.06 Å². The summed E-state index contributed by atoms with van der Waals surface area (Å²) in [4.78, 5) is 39.6.